The summed E-state index contributed by atoms with van der Waals surface area (Å²) in [5.74, 6) is 0.686. The predicted molar refractivity (Wildman–Crippen MR) is 81.4 cm³/mol. The SMILES string of the molecule is CCNC1CCC(c2c[nH]c3ccc(N)cc23)CC1. The van der Waals surface area contributed by atoms with Crippen molar-refractivity contribution in [2.24, 2.45) is 0 Å². The number of H-pyrrole nitrogens is 1. The molecule has 1 aromatic carbocycles. The molecule has 0 unspecified atom stereocenters. The topological polar surface area (TPSA) is 53.8 Å². The van der Waals surface area contributed by atoms with Gasteiger partial charge in [0.2, 0.25) is 0 Å². The third-order valence-electron chi connectivity index (χ3n) is 4.40. The first-order valence-electron chi connectivity index (χ1n) is 7.38. The van der Waals surface area contributed by atoms with E-state index in [1.807, 2.05) is 6.07 Å². The Morgan fingerprint density at radius 2 is 2.05 bits per heavy atom. The summed E-state index contributed by atoms with van der Waals surface area (Å²) in [7, 11) is 0. The van der Waals surface area contributed by atoms with Crippen molar-refractivity contribution in [3.05, 3.63) is 30.0 Å². The van der Waals surface area contributed by atoms with Crippen molar-refractivity contribution < 1.29 is 0 Å². The summed E-state index contributed by atoms with van der Waals surface area (Å²) >= 11 is 0. The summed E-state index contributed by atoms with van der Waals surface area (Å²) in [5, 5.41) is 4.88. The third-order valence-corrected chi connectivity index (χ3v) is 4.40. The first-order valence-corrected chi connectivity index (χ1v) is 7.38. The Morgan fingerprint density at radius 1 is 1.26 bits per heavy atom. The van der Waals surface area contributed by atoms with E-state index in [-0.39, 0.29) is 0 Å². The molecule has 19 heavy (non-hydrogen) atoms. The largest absolute Gasteiger partial charge is 0.399 e. The van der Waals surface area contributed by atoms with Gasteiger partial charge >= 0.3 is 0 Å². The van der Waals surface area contributed by atoms with Crippen LogP contribution in [0.1, 0.15) is 44.1 Å². The van der Waals surface area contributed by atoms with Crippen molar-refractivity contribution in [3.8, 4) is 0 Å². The lowest BCUT2D eigenvalue weighted by atomic mass is 9.81. The second kappa shape index (κ2) is 5.25. The number of aromatic nitrogens is 1. The van der Waals surface area contributed by atoms with Crippen molar-refractivity contribution in [1.82, 2.24) is 10.3 Å². The van der Waals surface area contributed by atoms with Crippen molar-refractivity contribution in [2.75, 3.05) is 12.3 Å². The van der Waals surface area contributed by atoms with Crippen LogP contribution >= 0.6 is 0 Å². The van der Waals surface area contributed by atoms with Crippen molar-refractivity contribution >= 4 is 16.6 Å². The molecule has 1 aromatic heterocycles. The standard InChI is InChI=1S/C16H23N3/c1-2-18-13-6-3-11(4-7-13)15-10-19-16-8-5-12(17)9-14(15)16/h5,8-11,13,18-19H,2-4,6-7,17H2,1H3. The number of fused-ring (bicyclic) bond motifs is 1. The number of hydrogen-bond acceptors (Lipinski definition) is 2. The molecular weight excluding hydrogens is 234 g/mol. The fraction of sp³-hybridized carbons (Fsp3) is 0.500. The van der Waals surface area contributed by atoms with Crippen LogP contribution in [0.4, 0.5) is 5.69 Å². The molecule has 1 aliphatic carbocycles. The van der Waals surface area contributed by atoms with Crippen LogP contribution in [0.3, 0.4) is 0 Å². The molecule has 1 fully saturated rings. The van der Waals surface area contributed by atoms with Crippen molar-refractivity contribution in [1.29, 1.82) is 0 Å². The Kier molecular flexibility index (Phi) is 3.47. The lowest BCUT2D eigenvalue weighted by molar-refractivity contribution is 0.349. The Balaban J connectivity index is 1.80. The van der Waals surface area contributed by atoms with E-state index < -0.39 is 0 Å². The maximum atomic E-state index is 5.92. The quantitative estimate of drug-likeness (QED) is 0.738. The van der Waals surface area contributed by atoms with Gasteiger partial charge in [0.15, 0.2) is 0 Å². The van der Waals surface area contributed by atoms with Gasteiger partial charge in [-0.25, -0.2) is 0 Å². The molecule has 0 aliphatic heterocycles. The fourth-order valence-electron chi connectivity index (χ4n) is 3.39. The average molecular weight is 257 g/mol. The van der Waals surface area contributed by atoms with E-state index in [1.165, 1.54) is 42.1 Å². The molecule has 0 saturated heterocycles. The minimum atomic E-state index is 0.686. The number of anilines is 1. The second-order valence-electron chi connectivity index (χ2n) is 5.66. The molecule has 1 saturated carbocycles. The van der Waals surface area contributed by atoms with E-state index in [0.29, 0.717) is 5.92 Å². The highest BCUT2D eigenvalue weighted by molar-refractivity contribution is 5.86. The van der Waals surface area contributed by atoms with Crippen molar-refractivity contribution in [2.45, 2.75) is 44.6 Å². The van der Waals surface area contributed by atoms with Crippen LogP contribution in [0.5, 0.6) is 0 Å². The first-order chi connectivity index (χ1) is 9.28. The normalized spacial score (nSPS) is 23.8. The third kappa shape index (κ3) is 2.47. The van der Waals surface area contributed by atoms with Gasteiger partial charge in [-0.15, -0.1) is 0 Å². The highest BCUT2D eigenvalue weighted by atomic mass is 14.9. The fourth-order valence-corrected chi connectivity index (χ4v) is 3.39. The lowest BCUT2D eigenvalue weighted by Crippen LogP contribution is -2.32. The van der Waals surface area contributed by atoms with Crippen LogP contribution in [0.15, 0.2) is 24.4 Å². The molecule has 0 amide bonds. The minimum absolute atomic E-state index is 0.686. The van der Waals surface area contributed by atoms with Crippen LogP contribution in [0, 0.1) is 0 Å². The predicted octanol–water partition coefficient (Wildman–Crippen LogP) is 3.39. The van der Waals surface area contributed by atoms with E-state index in [0.717, 1.165) is 18.3 Å². The Labute approximate surface area is 114 Å². The van der Waals surface area contributed by atoms with Crippen LogP contribution in [-0.4, -0.2) is 17.6 Å². The van der Waals surface area contributed by atoms with Gasteiger partial charge in [0, 0.05) is 28.8 Å². The zero-order chi connectivity index (χ0) is 13.2. The summed E-state index contributed by atoms with van der Waals surface area (Å²) in [5.41, 5.74) is 9.44. The van der Waals surface area contributed by atoms with Gasteiger partial charge in [0.25, 0.3) is 0 Å². The molecule has 0 spiro atoms. The summed E-state index contributed by atoms with van der Waals surface area (Å²) in [6.07, 6.45) is 7.31. The molecule has 0 atom stereocenters. The van der Waals surface area contributed by atoms with E-state index in [2.05, 4.69) is 35.6 Å². The Bertz CT molecular complexity index is 550. The minimum Gasteiger partial charge on any atom is -0.399 e. The highest BCUT2D eigenvalue weighted by Crippen LogP contribution is 2.37. The molecule has 3 rings (SSSR count). The van der Waals surface area contributed by atoms with Gasteiger partial charge in [-0.05, 0) is 61.9 Å². The number of aromatic amines is 1. The Hall–Kier alpha value is -1.48. The van der Waals surface area contributed by atoms with Gasteiger partial charge in [-0.1, -0.05) is 6.92 Å². The summed E-state index contributed by atoms with van der Waals surface area (Å²) in [6, 6.07) is 6.87. The van der Waals surface area contributed by atoms with E-state index in [4.69, 9.17) is 5.73 Å². The number of nitrogens with two attached hydrogens (primary N) is 1. The van der Waals surface area contributed by atoms with Crippen LogP contribution < -0.4 is 11.1 Å². The molecule has 1 heterocycles. The first kappa shape index (κ1) is 12.5. The second-order valence-corrected chi connectivity index (χ2v) is 5.66. The van der Waals surface area contributed by atoms with Gasteiger partial charge in [-0.3, -0.25) is 0 Å². The maximum absolute atomic E-state index is 5.92. The molecule has 3 heteroatoms. The number of rotatable bonds is 3. The van der Waals surface area contributed by atoms with Crippen LogP contribution in [-0.2, 0) is 0 Å². The van der Waals surface area contributed by atoms with E-state index in [9.17, 15) is 0 Å². The molecule has 3 nitrogen and oxygen atoms in total. The average Bonchev–Trinajstić information content (AvgIpc) is 2.83. The van der Waals surface area contributed by atoms with E-state index >= 15 is 0 Å². The molecule has 0 radical (unpaired) electrons. The monoisotopic (exact) mass is 257 g/mol. The molecule has 102 valence electrons. The zero-order valence-corrected chi connectivity index (χ0v) is 11.6. The summed E-state index contributed by atoms with van der Waals surface area (Å²) in [4.78, 5) is 3.38. The molecular formula is C16H23N3. The van der Waals surface area contributed by atoms with Gasteiger partial charge in [0.1, 0.15) is 0 Å². The number of hydrogen-bond donors (Lipinski definition) is 3. The lowest BCUT2D eigenvalue weighted by Gasteiger charge is -2.28. The van der Waals surface area contributed by atoms with Crippen molar-refractivity contribution in [3.63, 3.8) is 0 Å². The zero-order valence-electron chi connectivity index (χ0n) is 11.6. The van der Waals surface area contributed by atoms with Crippen LogP contribution in [0.2, 0.25) is 0 Å². The van der Waals surface area contributed by atoms with Gasteiger partial charge < -0.3 is 16.0 Å². The Morgan fingerprint density at radius 3 is 2.79 bits per heavy atom. The number of benzene rings is 1. The highest BCUT2D eigenvalue weighted by Gasteiger charge is 2.23. The molecule has 1 aliphatic rings. The summed E-state index contributed by atoms with van der Waals surface area (Å²) in [6.45, 7) is 3.27. The summed E-state index contributed by atoms with van der Waals surface area (Å²) < 4.78 is 0. The maximum Gasteiger partial charge on any atom is 0.0458 e. The molecule has 4 N–H and O–H groups in total. The number of nitrogen functional groups attached to an aromatic ring is 1. The van der Waals surface area contributed by atoms with Crippen LogP contribution in [0.25, 0.3) is 10.9 Å². The van der Waals surface area contributed by atoms with E-state index in [1.54, 1.807) is 0 Å². The smallest absolute Gasteiger partial charge is 0.0458 e. The number of nitrogens with one attached hydrogen (secondary N) is 2. The van der Waals surface area contributed by atoms with Gasteiger partial charge in [-0.2, -0.15) is 0 Å². The van der Waals surface area contributed by atoms with Gasteiger partial charge in [0.05, 0.1) is 0 Å². The molecule has 2 aromatic rings. The molecule has 0 bridgehead atoms.